The van der Waals surface area contributed by atoms with E-state index < -0.39 is 0 Å². The van der Waals surface area contributed by atoms with Gasteiger partial charge in [0.05, 0.1) is 12.2 Å². The molecule has 2 fully saturated rings. The van der Waals surface area contributed by atoms with Crippen molar-refractivity contribution in [3.8, 4) is 0 Å². The van der Waals surface area contributed by atoms with Gasteiger partial charge in [-0.2, -0.15) is 4.98 Å². The van der Waals surface area contributed by atoms with E-state index in [2.05, 4.69) is 32.1 Å². The molecule has 4 rings (SSSR count). The van der Waals surface area contributed by atoms with E-state index in [1.165, 1.54) is 25.7 Å². The largest absolute Gasteiger partial charge is 0.361 e. The van der Waals surface area contributed by atoms with Crippen LogP contribution in [0.5, 0.6) is 0 Å². The number of piperidine rings is 1. The molecule has 2 aliphatic rings. The second-order valence-corrected chi connectivity index (χ2v) is 7.20. The lowest BCUT2D eigenvalue weighted by Crippen LogP contribution is -2.45. The third-order valence-corrected chi connectivity index (χ3v) is 4.97. The van der Waals surface area contributed by atoms with Crippen LogP contribution in [-0.2, 0) is 13.1 Å². The van der Waals surface area contributed by atoms with Crippen LogP contribution in [0.25, 0.3) is 0 Å². The summed E-state index contributed by atoms with van der Waals surface area (Å²) in [4.78, 5) is 9.35. The highest BCUT2D eigenvalue weighted by atomic mass is 16.5. The summed E-state index contributed by atoms with van der Waals surface area (Å²) < 4.78 is 10.5. The minimum Gasteiger partial charge on any atom is -0.361 e. The summed E-state index contributed by atoms with van der Waals surface area (Å²) in [6.07, 6.45) is 4.79. The highest BCUT2D eigenvalue weighted by Crippen LogP contribution is 2.38. The van der Waals surface area contributed by atoms with Gasteiger partial charge in [0.2, 0.25) is 5.89 Å². The van der Waals surface area contributed by atoms with Gasteiger partial charge in [0.15, 0.2) is 5.82 Å². The summed E-state index contributed by atoms with van der Waals surface area (Å²) in [6.45, 7) is 5.66. The monoisotopic (exact) mass is 331 g/mol. The molecular weight excluding hydrogens is 306 g/mol. The van der Waals surface area contributed by atoms with Crippen LogP contribution in [-0.4, -0.2) is 51.3 Å². The van der Waals surface area contributed by atoms with Crippen molar-refractivity contribution in [1.82, 2.24) is 25.1 Å². The number of aromatic nitrogens is 3. The molecule has 0 bridgehead atoms. The summed E-state index contributed by atoms with van der Waals surface area (Å²) in [5.74, 6) is 3.05. The normalized spacial score (nSPS) is 22.4. The second-order valence-electron chi connectivity index (χ2n) is 7.20. The van der Waals surface area contributed by atoms with Crippen LogP contribution in [0.3, 0.4) is 0 Å². The van der Waals surface area contributed by atoms with E-state index >= 15 is 0 Å². The number of nitrogens with zero attached hydrogens (tertiary/aromatic N) is 5. The Morgan fingerprint density at radius 3 is 2.88 bits per heavy atom. The Morgan fingerprint density at radius 1 is 1.25 bits per heavy atom. The Bertz CT molecular complexity index is 678. The lowest BCUT2D eigenvalue weighted by molar-refractivity contribution is 0.103. The Labute approximate surface area is 142 Å². The molecule has 1 saturated heterocycles. The first-order valence-electron chi connectivity index (χ1n) is 8.84. The predicted octanol–water partition coefficient (Wildman–Crippen LogP) is 2.34. The Hall–Kier alpha value is -1.73. The van der Waals surface area contributed by atoms with Crippen LogP contribution in [0.1, 0.15) is 54.8 Å². The maximum Gasteiger partial charge on any atom is 0.229 e. The Balaban J connectivity index is 1.32. The summed E-state index contributed by atoms with van der Waals surface area (Å²) >= 11 is 0. The lowest BCUT2D eigenvalue weighted by Gasteiger charge is -2.36. The molecule has 0 spiro atoms. The second kappa shape index (κ2) is 6.64. The number of likely N-dealkylation sites (N-methyl/N-ethyl adjacent to an activating group) is 1. The van der Waals surface area contributed by atoms with Crippen molar-refractivity contribution in [2.75, 3.05) is 20.1 Å². The molecule has 24 heavy (non-hydrogen) atoms. The van der Waals surface area contributed by atoms with Gasteiger partial charge in [-0.1, -0.05) is 10.3 Å². The van der Waals surface area contributed by atoms with Crippen molar-refractivity contribution in [1.29, 1.82) is 0 Å². The van der Waals surface area contributed by atoms with Crippen LogP contribution in [0, 0.1) is 6.92 Å². The van der Waals surface area contributed by atoms with E-state index in [0.717, 1.165) is 49.3 Å². The number of aryl methyl sites for hydroxylation is 1. The van der Waals surface area contributed by atoms with Crippen LogP contribution in [0.15, 0.2) is 15.1 Å². The molecule has 1 saturated carbocycles. The van der Waals surface area contributed by atoms with Gasteiger partial charge in [0, 0.05) is 31.1 Å². The molecule has 2 aromatic rings. The number of hydrogen-bond donors (Lipinski definition) is 0. The number of likely N-dealkylation sites (tertiary alicyclic amines) is 1. The predicted molar refractivity (Wildman–Crippen MR) is 87.3 cm³/mol. The first-order valence-corrected chi connectivity index (χ1v) is 8.84. The molecule has 1 aliphatic heterocycles. The Morgan fingerprint density at radius 2 is 2.12 bits per heavy atom. The van der Waals surface area contributed by atoms with E-state index in [-0.39, 0.29) is 0 Å². The minimum atomic E-state index is 0.519. The van der Waals surface area contributed by atoms with E-state index in [1.807, 2.05) is 13.0 Å². The van der Waals surface area contributed by atoms with Gasteiger partial charge < -0.3 is 9.05 Å². The molecule has 2 aromatic heterocycles. The number of rotatable bonds is 6. The maximum absolute atomic E-state index is 5.37. The van der Waals surface area contributed by atoms with E-state index in [0.29, 0.717) is 12.0 Å². The van der Waals surface area contributed by atoms with Crippen molar-refractivity contribution in [3.63, 3.8) is 0 Å². The van der Waals surface area contributed by atoms with Crippen molar-refractivity contribution in [2.45, 2.75) is 57.7 Å². The molecule has 0 radical (unpaired) electrons. The van der Waals surface area contributed by atoms with Crippen molar-refractivity contribution < 1.29 is 9.05 Å². The van der Waals surface area contributed by atoms with Crippen molar-refractivity contribution in [3.05, 3.63) is 29.2 Å². The van der Waals surface area contributed by atoms with E-state index in [4.69, 9.17) is 9.05 Å². The highest BCUT2D eigenvalue weighted by Gasteiger charge is 2.30. The minimum absolute atomic E-state index is 0.519. The molecule has 0 amide bonds. The molecule has 0 aromatic carbocycles. The Kier molecular flexibility index (Phi) is 4.37. The summed E-state index contributed by atoms with van der Waals surface area (Å²) in [5, 5.41) is 8.25. The van der Waals surface area contributed by atoms with Gasteiger partial charge in [-0.25, -0.2) is 0 Å². The molecule has 1 aliphatic carbocycles. The molecule has 0 unspecified atom stereocenters. The van der Waals surface area contributed by atoms with E-state index in [1.54, 1.807) is 0 Å². The van der Waals surface area contributed by atoms with Crippen LogP contribution in [0.4, 0.5) is 0 Å². The first-order chi connectivity index (χ1) is 11.7. The quantitative estimate of drug-likeness (QED) is 0.804. The van der Waals surface area contributed by atoms with Crippen LogP contribution < -0.4 is 0 Å². The maximum atomic E-state index is 5.37. The summed E-state index contributed by atoms with van der Waals surface area (Å²) in [7, 11) is 2.16. The molecule has 3 heterocycles. The average molecular weight is 331 g/mol. The fourth-order valence-electron chi connectivity index (χ4n) is 3.44. The zero-order valence-electron chi connectivity index (χ0n) is 14.4. The van der Waals surface area contributed by atoms with Gasteiger partial charge >= 0.3 is 0 Å². The van der Waals surface area contributed by atoms with Crippen LogP contribution >= 0.6 is 0 Å². The summed E-state index contributed by atoms with van der Waals surface area (Å²) in [5.41, 5.74) is 0.999. The van der Waals surface area contributed by atoms with Gasteiger partial charge in [0.1, 0.15) is 5.76 Å². The fraction of sp³-hybridized carbons (Fsp3) is 0.706. The molecule has 1 atom stereocenters. The zero-order valence-corrected chi connectivity index (χ0v) is 14.4. The fourth-order valence-corrected chi connectivity index (χ4v) is 3.44. The molecular formula is C17H25N5O2. The van der Waals surface area contributed by atoms with Crippen molar-refractivity contribution >= 4 is 0 Å². The third-order valence-electron chi connectivity index (χ3n) is 4.97. The molecule has 0 N–H and O–H groups in total. The third kappa shape index (κ3) is 3.67. The zero-order chi connectivity index (χ0) is 16.5. The van der Waals surface area contributed by atoms with E-state index in [9.17, 15) is 0 Å². The molecule has 7 heteroatoms. The summed E-state index contributed by atoms with van der Waals surface area (Å²) in [6, 6.07) is 2.53. The highest BCUT2D eigenvalue weighted by molar-refractivity contribution is 5.04. The smallest absolute Gasteiger partial charge is 0.229 e. The average Bonchev–Trinajstić information content (AvgIpc) is 3.19. The van der Waals surface area contributed by atoms with Gasteiger partial charge in [-0.05, 0) is 46.2 Å². The SMILES string of the molecule is Cc1cc(CN(C)[C@H]2CCCN(Cc3noc(C4CC4)n3)C2)no1. The van der Waals surface area contributed by atoms with Crippen molar-refractivity contribution in [2.24, 2.45) is 0 Å². The topological polar surface area (TPSA) is 71.4 Å². The van der Waals surface area contributed by atoms with Gasteiger partial charge in [-0.3, -0.25) is 9.80 Å². The van der Waals surface area contributed by atoms with Gasteiger partial charge in [0.25, 0.3) is 0 Å². The first kappa shape index (κ1) is 15.8. The van der Waals surface area contributed by atoms with Crippen LogP contribution in [0.2, 0.25) is 0 Å². The number of hydrogen-bond acceptors (Lipinski definition) is 7. The lowest BCUT2D eigenvalue weighted by atomic mass is 10.0. The molecule has 7 nitrogen and oxygen atoms in total. The molecule has 130 valence electrons. The van der Waals surface area contributed by atoms with Gasteiger partial charge in [-0.15, -0.1) is 0 Å². The standard InChI is InChI=1S/C17H25N5O2/c1-12-8-14(19-23-12)9-21(2)15-4-3-7-22(10-15)11-16-18-17(24-20-16)13-5-6-13/h8,13,15H,3-7,9-11H2,1-2H3/t15-/m0/s1.